The normalized spacial score (nSPS) is 31.6. The van der Waals surface area contributed by atoms with Crippen LogP contribution < -0.4 is 0 Å². The van der Waals surface area contributed by atoms with Crippen molar-refractivity contribution in [3.63, 3.8) is 0 Å². The molecule has 0 spiro atoms. The Hall–Kier alpha value is 0.387. The number of aliphatic hydroxyl groups is 1. The number of hydrogen-bond donors (Lipinski definition) is 1. The van der Waals surface area contributed by atoms with Crippen molar-refractivity contribution >= 4 is 19.9 Å². The first-order valence-corrected chi connectivity index (χ1v) is 9.58. The molecule has 3 nitrogen and oxygen atoms in total. The van der Waals surface area contributed by atoms with E-state index in [1.165, 1.54) is 0 Å². The molecule has 5 heteroatoms. The summed E-state index contributed by atoms with van der Waals surface area (Å²) < 4.78 is 11.8. The fourth-order valence-corrected chi connectivity index (χ4v) is 3.39. The van der Waals surface area contributed by atoms with E-state index in [0.29, 0.717) is 6.61 Å². The van der Waals surface area contributed by atoms with E-state index in [9.17, 15) is 5.11 Å². The van der Waals surface area contributed by atoms with E-state index in [2.05, 4.69) is 33.9 Å². The van der Waals surface area contributed by atoms with Crippen LogP contribution in [0.25, 0.3) is 0 Å². The highest BCUT2D eigenvalue weighted by Crippen LogP contribution is 2.39. The third kappa shape index (κ3) is 3.67. The quantitative estimate of drug-likeness (QED) is 0.638. The molecule has 1 aliphatic rings. The Morgan fingerprint density at radius 2 is 2.00 bits per heavy atom. The Morgan fingerprint density at radius 1 is 1.41 bits per heavy atom. The lowest BCUT2D eigenvalue weighted by Gasteiger charge is -2.44. The topological polar surface area (TPSA) is 38.7 Å². The van der Waals surface area contributed by atoms with Gasteiger partial charge in [-0.3, -0.25) is 0 Å². The highest BCUT2D eigenvalue weighted by molar-refractivity contribution is 6.74. The Labute approximate surface area is 111 Å². The van der Waals surface area contributed by atoms with Gasteiger partial charge in [-0.05, 0) is 24.6 Å². The number of ether oxygens (including phenoxy) is 1. The summed E-state index contributed by atoms with van der Waals surface area (Å²) >= 11 is 6.32. The van der Waals surface area contributed by atoms with Crippen LogP contribution in [0.4, 0.5) is 0 Å². The van der Waals surface area contributed by atoms with Gasteiger partial charge in [-0.1, -0.05) is 20.8 Å². The Morgan fingerprint density at radius 3 is 2.47 bits per heavy atom. The van der Waals surface area contributed by atoms with Crippen molar-refractivity contribution in [3.05, 3.63) is 0 Å². The number of aliphatic hydroxyl groups excluding tert-OH is 1. The van der Waals surface area contributed by atoms with Crippen molar-refractivity contribution in [1.29, 1.82) is 0 Å². The van der Waals surface area contributed by atoms with Crippen LogP contribution in [0.2, 0.25) is 18.1 Å². The molecule has 0 saturated carbocycles. The second-order valence-electron chi connectivity index (χ2n) is 6.24. The monoisotopic (exact) mass is 280 g/mol. The van der Waals surface area contributed by atoms with Crippen LogP contribution in [-0.2, 0) is 9.16 Å². The first-order chi connectivity index (χ1) is 7.69. The molecule has 1 rings (SSSR count). The second-order valence-corrected chi connectivity index (χ2v) is 11.6. The second kappa shape index (κ2) is 5.57. The van der Waals surface area contributed by atoms with E-state index >= 15 is 0 Å². The highest BCUT2D eigenvalue weighted by atomic mass is 35.5. The third-order valence-electron chi connectivity index (χ3n) is 3.87. The van der Waals surface area contributed by atoms with Gasteiger partial charge < -0.3 is 14.3 Å². The van der Waals surface area contributed by atoms with E-state index < -0.39 is 8.32 Å². The lowest BCUT2D eigenvalue weighted by atomic mass is 10.1. The van der Waals surface area contributed by atoms with Crippen LogP contribution in [0.1, 0.15) is 27.2 Å². The van der Waals surface area contributed by atoms with E-state index in [1.54, 1.807) is 0 Å². The average Bonchev–Trinajstić information content (AvgIpc) is 2.19. The Balaban J connectivity index is 2.76. The predicted molar refractivity (Wildman–Crippen MR) is 73.2 cm³/mol. The molecule has 1 fully saturated rings. The molecular formula is C12H25ClO3Si. The number of hydrogen-bond acceptors (Lipinski definition) is 3. The SMILES string of the molecule is CC(C)(C)[Si](C)(C)O[C@H]1[C@@H](Cl)CCO[C@@H]1CO. The molecule has 3 atom stereocenters. The minimum atomic E-state index is -1.87. The van der Waals surface area contributed by atoms with Crippen molar-refractivity contribution < 1.29 is 14.3 Å². The van der Waals surface area contributed by atoms with Gasteiger partial charge in [0, 0.05) is 6.61 Å². The van der Waals surface area contributed by atoms with Gasteiger partial charge in [-0.2, -0.15) is 0 Å². The van der Waals surface area contributed by atoms with Crippen molar-refractivity contribution in [2.75, 3.05) is 13.2 Å². The summed E-state index contributed by atoms with van der Waals surface area (Å²) in [5.41, 5.74) is 0. The third-order valence-corrected chi connectivity index (χ3v) is 8.81. The van der Waals surface area contributed by atoms with Crippen molar-refractivity contribution in [2.45, 2.75) is 62.9 Å². The van der Waals surface area contributed by atoms with Crippen LogP contribution in [0.5, 0.6) is 0 Å². The molecule has 1 heterocycles. The first-order valence-electron chi connectivity index (χ1n) is 6.23. The van der Waals surface area contributed by atoms with Crippen LogP contribution in [0.3, 0.4) is 0 Å². The van der Waals surface area contributed by atoms with E-state index in [4.69, 9.17) is 20.8 Å². The maximum absolute atomic E-state index is 9.33. The summed E-state index contributed by atoms with van der Waals surface area (Å²) in [6, 6.07) is 0. The lowest BCUT2D eigenvalue weighted by Crippen LogP contribution is -2.53. The standard InChI is InChI=1S/C12H25ClO3Si/c1-12(2,3)17(4,5)16-11-9(13)6-7-15-10(11)8-14/h9-11,14H,6-8H2,1-5H3/t9-,10+,11-/m0/s1. The zero-order chi connectivity index (χ0) is 13.3. The van der Waals surface area contributed by atoms with Crippen LogP contribution in [-0.4, -0.2) is 44.2 Å². The van der Waals surface area contributed by atoms with Gasteiger partial charge in [0.2, 0.25) is 0 Å². The molecule has 0 aliphatic carbocycles. The van der Waals surface area contributed by atoms with Gasteiger partial charge in [0.15, 0.2) is 8.32 Å². The van der Waals surface area contributed by atoms with Gasteiger partial charge in [0.05, 0.1) is 18.1 Å². The molecule has 17 heavy (non-hydrogen) atoms. The van der Waals surface area contributed by atoms with Gasteiger partial charge in [0.1, 0.15) is 6.10 Å². The zero-order valence-electron chi connectivity index (χ0n) is 11.5. The van der Waals surface area contributed by atoms with Crippen LogP contribution >= 0.6 is 11.6 Å². The molecule has 0 bridgehead atoms. The van der Waals surface area contributed by atoms with Crippen molar-refractivity contribution in [2.24, 2.45) is 0 Å². The molecule has 0 amide bonds. The van der Waals surface area contributed by atoms with Crippen molar-refractivity contribution in [3.8, 4) is 0 Å². The van der Waals surface area contributed by atoms with Crippen LogP contribution in [0, 0.1) is 0 Å². The smallest absolute Gasteiger partial charge is 0.192 e. The first kappa shape index (κ1) is 15.4. The van der Waals surface area contributed by atoms with Gasteiger partial charge in [-0.25, -0.2) is 0 Å². The summed E-state index contributed by atoms with van der Waals surface area (Å²) in [5, 5.41) is 9.41. The van der Waals surface area contributed by atoms with E-state index in [0.717, 1.165) is 6.42 Å². The maximum Gasteiger partial charge on any atom is 0.192 e. The molecule has 0 aromatic carbocycles. The molecule has 0 aromatic heterocycles. The number of halogens is 1. The lowest BCUT2D eigenvalue weighted by molar-refractivity contribution is -0.0864. The van der Waals surface area contributed by atoms with Crippen LogP contribution in [0.15, 0.2) is 0 Å². The molecular weight excluding hydrogens is 256 g/mol. The zero-order valence-corrected chi connectivity index (χ0v) is 13.3. The van der Waals surface area contributed by atoms with Gasteiger partial charge in [-0.15, -0.1) is 11.6 Å². The maximum atomic E-state index is 9.33. The molecule has 0 radical (unpaired) electrons. The molecule has 1 saturated heterocycles. The summed E-state index contributed by atoms with van der Waals surface area (Å²) in [5.74, 6) is 0. The highest BCUT2D eigenvalue weighted by Gasteiger charge is 2.44. The Bertz CT molecular complexity index is 253. The average molecular weight is 281 g/mol. The molecule has 0 aromatic rings. The Kier molecular flexibility index (Phi) is 5.06. The van der Waals surface area contributed by atoms with E-state index in [-0.39, 0.29) is 29.2 Å². The molecule has 1 aliphatic heterocycles. The largest absolute Gasteiger partial charge is 0.410 e. The summed E-state index contributed by atoms with van der Waals surface area (Å²) in [7, 11) is -1.87. The minimum Gasteiger partial charge on any atom is -0.410 e. The van der Waals surface area contributed by atoms with Crippen molar-refractivity contribution in [1.82, 2.24) is 0 Å². The fourth-order valence-electron chi connectivity index (χ4n) is 1.65. The summed E-state index contributed by atoms with van der Waals surface area (Å²) in [6.07, 6.45) is 0.328. The predicted octanol–water partition coefficient (Wildman–Crippen LogP) is 2.77. The fraction of sp³-hybridized carbons (Fsp3) is 1.00. The van der Waals surface area contributed by atoms with E-state index in [1.807, 2.05) is 0 Å². The molecule has 0 unspecified atom stereocenters. The minimum absolute atomic E-state index is 0.0253. The van der Waals surface area contributed by atoms with Gasteiger partial charge in [0.25, 0.3) is 0 Å². The molecule has 1 N–H and O–H groups in total. The number of rotatable bonds is 3. The number of alkyl halides is 1. The summed E-state index contributed by atoms with van der Waals surface area (Å²) in [4.78, 5) is 0. The molecule has 102 valence electrons. The summed E-state index contributed by atoms with van der Waals surface area (Å²) in [6.45, 7) is 11.6. The van der Waals surface area contributed by atoms with Gasteiger partial charge >= 0.3 is 0 Å².